The molecule has 0 heterocycles. The normalized spacial score (nSPS) is 13.0. The SMILES string of the molecule is C/C(=C\c1ccccc1)C(C)(C)CBr. The van der Waals surface area contributed by atoms with Crippen LogP contribution < -0.4 is 0 Å². The minimum atomic E-state index is 0.232. The van der Waals surface area contributed by atoms with E-state index < -0.39 is 0 Å². The van der Waals surface area contributed by atoms with Gasteiger partial charge in [-0.05, 0) is 17.9 Å². The van der Waals surface area contributed by atoms with Gasteiger partial charge in [0.2, 0.25) is 0 Å². The van der Waals surface area contributed by atoms with Gasteiger partial charge in [-0.2, -0.15) is 0 Å². The molecular formula is C13H17Br. The van der Waals surface area contributed by atoms with Crippen LogP contribution in [-0.2, 0) is 0 Å². The third-order valence-electron chi connectivity index (χ3n) is 2.58. The number of allylic oxidation sites excluding steroid dienone is 1. The van der Waals surface area contributed by atoms with E-state index in [0.717, 1.165) is 5.33 Å². The average Bonchev–Trinajstić information content (AvgIpc) is 2.19. The fourth-order valence-electron chi connectivity index (χ4n) is 1.10. The Morgan fingerprint density at radius 2 is 1.86 bits per heavy atom. The highest BCUT2D eigenvalue weighted by atomic mass is 79.9. The first kappa shape index (κ1) is 11.5. The van der Waals surface area contributed by atoms with Crippen molar-refractivity contribution in [1.29, 1.82) is 0 Å². The quantitative estimate of drug-likeness (QED) is 0.695. The molecule has 0 aromatic heterocycles. The van der Waals surface area contributed by atoms with E-state index >= 15 is 0 Å². The lowest BCUT2D eigenvalue weighted by Gasteiger charge is -2.22. The summed E-state index contributed by atoms with van der Waals surface area (Å²) in [4.78, 5) is 0. The third-order valence-corrected chi connectivity index (χ3v) is 3.99. The van der Waals surface area contributed by atoms with Crippen LogP contribution in [0.2, 0.25) is 0 Å². The molecule has 0 aliphatic heterocycles. The third kappa shape index (κ3) is 2.98. The molecule has 1 heteroatoms. The van der Waals surface area contributed by atoms with Gasteiger partial charge < -0.3 is 0 Å². The van der Waals surface area contributed by atoms with E-state index in [2.05, 4.69) is 67.0 Å². The van der Waals surface area contributed by atoms with Gasteiger partial charge in [0, 0.05) is 5.33 Å². The number of rotatable bonds is 3. The summed E-state index contributed by atoms with van der Waals surface area (Å²) in [6.45, 7) is 6.68. The Morgan fingerprint density at radius 1 is 1.29 bits per heavy atom. The van der Waals surface area contributed by atoms with Crippen LogP contribution in [0.25, 0.3) is 6.08 Å². The van der Waals surface area contributed by atoms with Crippen molar-refractivity contribution in [3.05, 3.63) is 41.5 Å². The van der Waals surface area contributed by atoms with Crippen molar-refractivity contribution < 1.29 is 0 Å². The Hall–Kier alpha value is -0.560. The van der Waals surface area contributed by atoms with Crippen LogP contribution in [0.4, 0.5) is 0 Å². The lowest BCUT2D eigenvalue weighted by atomic mass is 9.86. The largest absolute Gasteiger partial charge is 0.0919 e. The van der Waals surface area contributed by atoms with E-state index in [1.54, 1.807) is 0 Å². The summed E-state index contributed by atoms with van der Waals surface area (Å²) >= 11 is 3.54. The van der Waals surface area contributed by atoms with Crippen molar-refractivity contribution in [2.75, 3.05) is 5.33 Å². The molecule has 0 aliphatic carbocycles. The molecule has 1 aromatic carbocycles. The molecule has 0 unspecified atom stereocenters. The van der Waals surface area contributed by atoms with E-state index in [-0.39, 0.29) is 5.41 Å². The fourth-order valence-corrected chi connectivity index (χ4v) is 1.54. The topological polar surface area (TPSA) is 0 Å². The Kier molecular flexibility index (Phi) is 3.94. The Morgan fingerprint density at radius 3 is 2.36 bits per heavy atom. The van der Waals surface area contributed by atoms with Crippen LogP contribution in [-0.4, -0.2) is 5.33 Å². The molecule has 0 radical (unpaired) electrons. The molecule has 1 aromatic rings. The molecule has 0 N–H and O–H groups in total. The van der Waals surface area contributed by atoms with Crippen molar-refractivity contribution in [2.45, 2.75) is 20.8 Å². The minimum absolute atomic E-state index is 0.232. The first-order valence-electron chi connectivity index (χ1n) is 4.86. The highest BCUT2D eigenvalue weighted by molar-refractivity contribution is 9.09. The fraction of sp³-hybridized carbons (Fsp3) is 0.385. The Balaban J connectivity index is 2.89. The van der Waals surface area contributed by atoms with Crippen LogP contribution >= 0.6 is 15.9 Å². The highest BCUT2D eigenvalue weighted by Gasteiger charge is 2.17. The highest BCUT2D eigenvalue weighted by Crippen LogP contribution is 2.29. The van der Waals surface area contributed by atoms with Gasteiger partial charge in [-0.3, -0.25) is 0 Å². The summed E-state index contributed by atoms with van der Waals surface area (Å²) in [6.07, 6.45) is 2.25. The predicted molar refractivity (Wildman–Crippen MR) is 67.7 cm³/mol. The number of benzene rings is 1. The zero-order chi connectivity index (χ0) is 10.6. The van der Waals surface area contributed by atoms with Gasteiger partial charge >= 0.3 is 0 Å². The summed E-state index contributed by atoms with van der Waals surface area (Å²) in [5, 5.41) is 0.995. The maximum Gasteiger partial charge on any atom is 0.0120 e. The van der Waals surface area contributed by atoms with Gasteiger partial charge in [0.05, 0.1) is 0 Å². The summed E-state index contributed by atoms with van der Waals surface area (Å²) in [5.41, 5.74) is 2.91. The van der Waals surface area contributed by atoms with Crippen molar-refractivity contribution >= 4 is 22.0 Å². The van der Waals surface area contributed by atoms with Crippen molar-refractivity contribution in [3.63, 3.8) is 0 Å². The molecule has 0 spiro atoms. The van der Waals surface area contributed by atoms with Gasteiger partial charge in [-0.15, -0.1) is 0 Å². The Bertz CT molecular complexity index is 309. The summed E-state index contributed by atoms with van der Waals surface area (Å²) in [5.74, 6) is 0. The second-order valence-electron chi connectivity index (χ2n) is 4.26. The zero-order valence-electron chi connectivity index (χ0n) is 9.05. The van der Waals surface area contributed by atoms with Gasteiger partial charge in [-0.1, -0.05) is 71.8 Å². The molecule has 1 rings (SSSR count). The first-order valence-corrected chi connectivity index (χ1v) is 5.98. The molecule has 0 saturated heterocycles. The summed E-state index contributed by atoms with van der Waals surface area (Å²) < 4.78 is 0. The number of halogens is 1. The van der Waals surface area contributed by atoms with Gasteiger partial charge in [0.15, 0.2) is 0 Å². The van der Waals surface area contributed by atoms with Crippen molar-refractivity contribution in [2.24, 2.45) is 5.41 Å². The molecule has 0 aliphatic rings. The zero-order valence-corrected chi connectivity index (χ0v) is 10.6. The molecule has 14 heavy (non-hydrogen) atoms. The van der Waals surface area contributed by atoms with Gasteiger partial charge in [-0.25, -0.2) is 0 Å². The smallest absolute Gasteiger partial charge is 0.0120 e. The molecule has 0 amide bonds. The lowest BCUT2D eigenvalue weighted by Crippen LogP contribution is -2.14. The van der Waals surface area contributed by atoms with Crippen LogP contribution in [0.3, 0.4) is 0 Å². The molecule has 76 valence electrons. The molecule has 0 atom stereocenters. The standard InChI is InChI=1S/C13H17Br/c1-11(13(2,3)10-14)9-12-7-5-4-6-8-12/h4-9H,10H2,1-3H3/b11-9+. The first-order chi connectivity index (χ1) is 6.56. The summed E-state index contributed by atoms with van der Waals surface area (Å²) in [6, 6.07) is 10.4. The van der Waals surface area contributed by atoms with Gasteiger partial charge in [0.1, 0.15) is 0 Å². The number of alkyl halides is 1. The molecular weight excluding hydrogens is 236 g/mol. The van der Waals surface area contributed by atoms with Crippen LogP contribution in [0.1, 0.15) is 26.3 Å². The monoisotopic (exact) mass is 252 g/mol. The van der Waals surface area contributed by atoms with Crippen molar-refractivity contribution in [3.8, 4) is 0 Å². The maximum atomic E-state index is 3.54. The second kappa shape index (κ2) is 4.79. The van der Waals surface area contributed by atoms with E-state index in [9.17, 15) is 0 Å². The lowest BCUT2D eigenvalue weighted by molar-refractivity contribution is 0.523. The van der Waals surface area contributed by atoms with E-state index in [1.807, 2.05) is 6.07 Å². The predicted octanol–water partition coefficient (Wildman–Crippen LogP) is 4.51. The average molecular weight is 253 g/mol. The van der Waals surface area contributed by atoms with E-state index in [4.69, 9.17) is 0 Å². The van der Waals surface area contributed by atoms with Crippen LogP contribution in [0, 0.1) is 5.41 Å². The van der Waals surface area contributed by atoms with Crippen molar-refractivity contribution in [1.82, 2.24) is 0 Å². The molecule has 0 fully saturated rings. The number of hydrogen-bond donors (Lipinski definition) is 0. The molecule has 0 bridgehead atoms. The maximum absolute atomic E-state index is 3.54. The minimum Gasteiger partial charge on any atom is -0.0919 e. The molecule has 0 nitrogen and oxygen atoms in total. The summed E-state index contributed by atoms with van der Waals surface area (Å²) in [7, 11) is 0. The van der Waals surface area contributed by atoms with E-state index in [1.165, 1.54) is 11.1 Å². The Labute approximate surface area is 95.2 Å². The molecule has 0 saturated carbocycles. The second-order valence-corrected chi connectivity index (χ2v) is 4.82. The van der Waals surface area contributed by atoms with Gasteiger partial charge in [0.25, 0.3) is 0 Å². The number of hydrogen-bond acceptors (Lipinski definition) is 0. The van der Waals surface area contributed by atoms with E-state index in [0.29, 0.717) is 0 Å². The van der Waals surface area contributed by atoms with Crippen LogP contribution in [0.15, 0.2) is 35.9 Å². The van der Waals surface area contributed by atoms with Crippen LogP contribution in [0.5, 0.6) is 0 Å².